The number of hydrogen-bond acceptors (Lipinski definition) is 9. The zero-order chi connectivity index (χ0) is 26.7. The smallest absolute Gasteiger partial charge is 0.173 e. The summed E-state index contributed by atoms with van der Waals surface area (Å²) < 4.78 is 30.6. The van der Waals surface area contributed by atoms with E-state index in [0.29, 0.717) is 22.5 Å². The van der Waals surface area contributed by atoms with Gasteiger partial charge in [-0.15, -0.1) is 0 Å². The number of rotatable bonds is 6. The van der Waals surface area contributed by atoms with E-state index in [1.807, 2.05) is 43.3 Å². The summed E-state index contributed by atoms with van der Waals surface area (Å²) in [4.78, 5) is 15.4. The van der Waals surface area contributed by atoms with Gasteiger partial charge in [0.2, 0.25) is 0 Å². The zero-order valence-corrected chi connectivity index (χ0v) is 21.2. The third-order valence-corrected chi connectivity index (χ3v) is 7.40. The van der Waals surface area contributed by atoms with Gasteiger partial charge in [-0.1, -0.05) is 0 Å². The van der Waals surface area contributed by atoms with E-state index >= 15 is 4.39 Å². The summed E-state index contributed by atoms with van der Waals surface area (Å²) in [6.07, 6.45) is 0.744. The molecule has 0 aliphatic carbocycles. The maximum Gasteiger partial charge on any atom is 0.173 e. The highest BCUT2D eigenvalue weighted by molar-refractivity contribution is 5.94. The van der Waals surface area contributed by atoms with Crippen molar-refractivity contribution in [1.82, 2.24) is 29.3 Å². The molecule has 12 heteroatoms. The van der Waals surface area contributed by atoms with E-state index in [0.717, 1.165) is 35.5 Å². The Hall–Kier alpha value is -4.29. The van der Waals surface area contributed by atoms with Gasteiger partial charge in [0.15, 0.2) is 12.4 Å². The first kappa shape index (κ1) is 23.8. The van der Waals surface area contributed by atoms with E-state index in [2.05, 4.69) is 20.0 Å². The normalized spacial score (nSPS) is 23.0. The number of hydrogen-bond donors (Lipinski definition) is 2. The fourth-order valence-electron chi connectivity index (χ4n) is 5.15. The van der Waals surface area contributed by atoms with Crippen molar-refractivity contribution in [2.24, 2.45) is 0 Å². The van der Waals surface area contributed by atoms with E-state index in [9.17, 15) is 5.11 Å². The molecule has 2 saturated heterocycles. The number of halogens is 1. The number of aromatic nitrogens is 6. The molecule has 0 saturated carbocycles. The minimum atomic E-state index is -1.73. The molecule has 7 rings (SSSR count). The number of nitrogen functional groups attached to an aromatic ring is 1. The summed E-state index contributed by atoms with van der Waals surface area (Å²) in [5.41, 5.74) is 8.75. The first-order valence-electron chi connectivity index (χ1n) is 12.9. The predicted molar refractivity (Wildman–Crippen MR) is 143 cm³/mol. The van der Waals surface area contributed by atoms with E-state index in [1.54, 1.807) is 17.1 Å². The van der Waals surface area contributed by atoms with Crippen LogP contribution in [0.4, 0.5) is 16.0 Å². The van der Waals surface area contributed by atoms with Gasteiger partial charge < -0.3 is 29.8 Å². The van der Waals surface area contributed by atoms with Gasteiger partial charge in [0.25, 0.3) is 0 Å². The SMILES string of the molecule is Cc1ccn(-c2cn([C@@H]3O[C@H](COc4ccc5ccc(N6CCC6)nc5c4)[C@@H](O)[C@@H]3F)c3ncnc(N)c23)n1. The summed E-state index contributed by atoms with van der Waals surface area (Å²) in [6.45, 7) is 3.84. The van der Waals surface area contributed by atoms with Crippen LogP contribution < -0.4 is 15.4 Å². The molecule has 39 heavy (non-hydrogen) atoms. The highest BCUT2D eigenvalue weighted by Gasteiger charge is 2.46. The largest absolute Gasteiger partial charge is 0.491 e. The molecule has 0 spiro atoms. The molecule has 0 radical (unpaired) electrons. The van der Waals surface area contributed by atoms with Crippen molar-refractivity contribution in [1.29, 1.82) is 0 Å². The number of pyridine rings is 1. The molecule has 2 aliphatic rings. The van der Waals surface area contributed by atoms with Crippen molar-refractivity contribution >= 4 is 33.6 Å². The Labute approximate surface area is 222 Å². The summed E-state index contributed by atoms with van der Waals surface area (Å²) >= 11 is 0. The molecule has 1 aromatic carbocycles. The number of aliphatic hydroxyl groups is 1. The van der Waals surface area contributed by atoms with Crippen LogP contribution in [0.3, 0.4) is 0 Å². The zero-order valence-electron chi connectivity index (χ0n) is 21.2. The lowest BCUT2D eigenvalue weighted by Gasteiger charge is -2.32. The van der Waals surface area contributed by atoms with Crippen molar-refractivity contribution in [3.05, 3.63) is 60.8 Å². The summed E-state index contributed by atoms with van der Waals surface area (Å²) in [7, 11) is 0. The number of ether oxygens (including phenoxy) is 2. The lowest BCUT2D eigenvalue weighted by atomic mass is 10.1. The van der Waals surface area contributed by atoms with Gasteiger partial charge in [-0.25, -0.2) is 24.0 Å². The van der Waals surface area contributed by atoms with Gasteiger partial charge in [0.05, 0.1) is 22.3 Å². The number of alkyl halides is 1. The lowest BCUT2D eigenvalue weighted by Crippen LogP contribution is -2.37. The van der Waals surface area contributed by atoms with Crippen molar-refractivity contribution < 1.29 is 19.0 Å². The second-order valence-corrected chi connectivity index (χ2v) is 9.96. The van der Waals surface area contributed by atoms with Crippen molar-refractivity contribution in [3.8, 4) is 11.4 Å². The number of fused-ring (bicyclic) bond motifs is 2. The maximum atomic E-state index is 15.5. The Morgan fingerprint density at radius 2 is 2.03 bits per heavy atom. The second-order valence-electron chi connectivity index (χ2n) is 9.96. The summed E-state index contributed by atoms with van der Waals surface area (Å²) in [5, 5.41) is 16.7. The number of nitrogens with two attached hydrogens (primary N) is 1. The number of nitrogens with zero attached hydrogens (tertiary/aromatic N) is 7. The van der Waals surface area contributed by atoms with Crippen LogP contribution in [0.5, 0.6) is 5.75 Å². The molecule has 4 aromatic heterocycles. The van der Waals surface area contributed by atoms with E-state index < -0.39 is 24.6 Å². The van der Waals surface area contributed by atoms with Gasteiger partial charge in [-0.05, 0) is 43.7 Å². The fourth-order valence-corrected chi connectivity index (χ4v) is 5.15. The molecule has 6 heterocycles. The molecular weight excluding hydrogens is 503 g/mol. The van der Waals surface area contributed by atoms with Crippen LogP contribution in [0, 0.1) is 6.92 Å². The third-order valence-electron chi connectivity index (χ3n) is 7.40. The Morgan fingerprint density at radius 3 is 2.79 bits per heavy atom. The standard InChI is InChI=1S/C27H27FN8O3/c1-15-7-10-36(33-15)19-12-35(26-22(19)25(29)30-14-31-26)27-23(28)24(37)20(39-27)13-38-17-5-3-16-4-6-21(32-18(16)11-17)34-8-2-9-34/h3-7,10-12,14,20,23-24,27,37H,2,8-9,13H2,1H3,(H2,29,30,31)/t20-,23+,24-,27-/m1/s1. The van der Waals surface area contributed by atoms with Gasteiger partial charge >= 0.3 is 0 Å². The molecular formula is C27H27FN8O3. The van der Waals surface area contributed by atoms with Crippen LogP contribution in [0.2, 0.25) is 0 Å². The lowest BCUT2D eigenvalue weighted by molar-refractivity contribution is -0.0410. The van der Waals surface area contributed by atoms with Crippen LogP contribution in [-0.2, 0) is 4.74 Å². The molecule has 2 fully saturated rings. The summed E-state index contributed by atoms with van der Waals surface area (Å²) in [5.74, 6) is 1.74. The van der Waals surface area contributed by atoms with E-state index in [1.165, 1.54) is 17.3 Å². The average Bonchev–Trinajstić information content (AvgIpc) is 3.58. The number of benzene rings is 1. The molecule has 0 amide bonds. The molecule has 4 atom stereocenters. The minimum absolute atomic E-state index is 0.0447. The quantitative estimate of drug-likeness (QED) is 0.340. The van der Waals surface area contributed by atoms with E-state index in [4.69, 9.17) is 20.2 Å². The Morgan fingerprint density at radius 1 is 1.18 bits per heavy atom. The van der Waals surface area contributed by atoms with Crippen molar-refractivity contribution in [3.63, 3.8) is 0 Å². The third kappa shape index (κ3) is 4.03. The monoisotopic (exact) mass is 530 g/mol. The highest BCUT2D eigenvalue weighted by Crippen LogP contribution is 2.37. The number of anilines is 2. The summed E-state index contributed by atoms with van der Waals surface area (Å²) in [6, 6.07) is 11.5. The van der Waals surface area contributed by atoms with Crippen LogP contribution in [0.15, 0.2) is 55.1 Å². The molecule has 11 nitrogen and oxygen atoms in total. The Kier molecular flexibility index (Phi) is 5.60. The highest BCUT2D eigenvalue weighted by atomic mass is 19.1. The van der Waals surface area contributed by atoms with Gasteiger partial charge in [0.1, 0.15) is 48.2 Å². The molecule has 2 aliphatic heterocycles. The molecule has 0 unspecified atom stereocenters. The predicted octanol–water partition coefficient (Wildman–Crippen LogP) is 2.94. The molecule has 3 N–H and O–H groups in total. The minimum Gasteiger partial charge on any atom is -0.491 e. The number of aliphatic hydroxyl groups excluding tert-OH is 1. The van der Waals surface area contributed by atoms with Crippen LogP contribution in [0.1, 0.15) is 18.3 Å². The topological polar surface area (TPSA) is 129 Å². The van der Waals surface area contributed by atoms with Gasteiger partial charge in [-0.3, -0.25) is 0 Å². The first-order valence-corrected chi connectivity index (χ1v) is 12.9. The van der Waals surface area contributed by atoms with Crippen LogP contribution in [-0.4, -0.2) is 72.5 Å². The Balaban J connectivity index is 1.13. The molecule has 0 bridgehead atoms. The van der Waals surface area contributed by atoms with Crippen molar-refractivity contribution in [2.45, 2.75) is 38.0 Å². The molecule has 5 aromatic rings. The van der Waals surface area contributed by atoms with Gasteiger partial charge in [0, 0.05) is 36.9 Å². The van der Waals surface area contributed by atoms with Crippen molar-refractivity contribution in [2.75, 3.05) is 30.3 Å². The van der Waals surface area contributed by atoms with Crippen LogP contribution >= 0.6 is 0 Å². The molecule has 200 valence electrons. The first-order chi connectivity index (χ1) is 19.0. The number of aryl methyl sites for hydroxylation is 1. The van der Waals surface area contributed by atoms with Crippen LogP contribution in [0.25, 0.3) is 27.6 Å². The second kappa shape index (κ2) is 9.17. The maximum absolute atomic E-state index is 15.5. The fraction of sp³-hybridized carbons (Fsp3) is 0.333. The average molecular weight is 531 g/mol. The Bertz CT molecular complexity index is 1680. The van der Waals surface area contributed by atoms with E-state index in [-0.39, 0.29) is 12.4 Å². The van der Waals surface area contributed by atoms with Gasteiger partial charge in [-0.2, -0.15) is 5.10 Å².